The molecule has 0 unspecified atom stereocenters. The van der Waals surface area contributed by atoms with E-state index in [1.54, 1.807) is 0 Å². The van der Waals surface area contributed by atoms with Crippen molar-refractivity contribution >= 4 is 16.7 Å². The summed E-state index contributed by atoms with van der Waals surface area (Å²) in [7, 11) is 0. The van der Waals surface area contributed by atoms with Gasteiger partial charge in [-0.3, -0.25) is 0 Å². The zero-order valence-corrected chi connectivity index (χ0v) is 9.46. The first kappa shape index (κ1) is 9.84. The van der Waals surface area contributed by atoms with Gasteiger partial charge in [0.2, 0.25) is 0 Å². The first-order chi connectivity index (χ1) is 8.24. The molecule has 0 bridgehead atoms. The Balaban J connectivity index is 2.21. The molecular formula is C13H12N4. The van der Waals surface area contributed by atoms with E-state index < -0.39 is 0 Å². The lowest BCUT2D eigenvalue weighted by Gasteiger charge is -2.02. The van der Waals surface area contributed by atoms with Crippen molar-refractivity contribution in [3.63, 3.8) is 0 Å². The Morgan fingerprint density at radius 1 is 1.06 bits per heavy atom. The summed E-state index contributed by atoms with van der Waals surface area (Å²) in [4.78, 5) is 0. The van der Waals surface area contributed by atoms with Crippen molar-refractivity contribution in [2.45, 2.75) is 6.92 Å². The van der Waals surface area contributed by atoms with Crippen LogP contribution in [0.5, 0.6) is 0 Å². The predicted octanol–water partition coefficient (Wildman–Crippen LogP) is 2.31. The summed E-state index contributed by atoms with van der Waals surface area (Å²) in [5, 5.41) is 8.26. The van der Waals surface area contributed by atoms with E-state index >= 15 is 0 Å². The number of nitrogen functional groups attached to an aromatic ring is 1. The minimum Gasteiger partial charge on any atom is -0.399 e. The maximum atomic E-state index is 5.71. The summed E-state index contributed by atoms with van der Waals surface area (Å²) in [5.41, 5.74) is 10.4. The van der Waals surface area contributed by atoms with Crippen LogP contribution in [-0.4, -0.2) is 15.0 Å². The van der Waals surface area contributed by atoms with Crippen LogP contribution >= 0.6 is 0 Å². The molecule has 4 heteroatoms. The topological polar surface area (TPSA) is 56.7 Å². The first-order valence-corrected chi connectivity index (χ1v) is 5.42. The molecule has 0 aliphatic carbocycles. The first-order valence-electron chi connectivity index (χ1n) is 5.42. The second kappa shape index (κ2) is 3.59. The van der Waals surface area contributed by atoms with Crippen LogP contribution in [0.3, 0.4) is 0 Å². The number of rotatable bonds is 1. The number of benzene rings is 2. The molecule has 0 atom stereocenters. The molecule has 4 nitrogen and oxygen atoms in total. The normalized spacial score (nSPS) is 10.9. The molecule has 2 N–H and O–H groups in total. The Morgan fingerprint density at radius 3 is 2.59 bits per heavy atom. The van der Waals surface area contributed by atoms with Gasteiger partial charge in [-0.1, -0.05) is 22.9 Å². The molecule has 0 aliphatic rings. The smallest absolute Gasteiger partial charge is 0.115 e. The van der Waals surface area contributed by atoms with E-state index in [1.807, 2.05) is 35.0 Å². The molecule has 1 heterocycles. The Labute approximate surface area is 98.7 Å². The molecule has 0 radical (unpaired) electrons. The summed E-state index contributed by atoms with van der Waals surface area (Å²) in [5.74, 6) is 0. The van der Waals surface area contributed by atoms with Crippen LogP contribution in [0.25, 0.3) is 16.7 Å². The van der Waals surface area contributed by atoms with Crippen molar-refractivity contribution in [1.82, 2.24) is 15.0 Å². The predicted molar refractivity (Wildman–Crippen MR) is 68.0 cm³/mol. The van der Waals surface area contributed by atoms with E-state index in [2.05, 4.69) is 29.4 Å². The van der Waals surface area contributed by atoms with Gasteiger partial charge < -0.3 is 5.73 Å². The SMILES string of the molecule is Cc1ccc(-n2nnc3cc(N)ccc32)cc1. The van der Waals surface area contributed by atoms with Gasteiger partial charge in [-0.05, 0) is 37.3 Å². The summed E-state index contributed by atoms with van der Waals surface area (Å²) in [6, 6.07) is 13.8. The molecule has 0 aliphatic heterocycles. The lowest BCUT2D eigenvalue weighted by Crippen LogP contribution is -1.96. The second-order valence-electron chi connectivity index (χ2n) is 4.08. The molecule has 3 aromatic rings. The fourth-order valence-corrected chi connectivity index (χ4v) is 1.82. The summed E-state index contributed by atoms with van der Waals surface area (Å²) < 4.78 is 1.81. The second-order valence-corrected chi connectivity index (χ2v) is 4.08. The molecule has 0 spiro atoms. The van der Waals surface area contributed by atoms with Gasteiger partial charge in [0.15, 0.2) is 0 Å². The van der Waals surface area contributed by atoms with Crippen LogP contribution in [-0.2, 0) is 0 Å². The largest absolute Gasteiger partial charge is 0.399 e. The Hall–Kier alpha value is -2.36. The zero-order valence-electron chi connectivity index (χ0n) is 9.46. The van der Waals surface area contributed by atoms with Crippen LogP contribution in [0.1, 0.15) is 5.56 Å². The minimum atomic E-state index is 0.702. The lowest BCUT2D eigenvalue weighted by molar-refractivity contribution is 0.823. The number of nitrogens with zero attached hydrogens (tertiary/aromatic N) is 3. The molecule has 1 aromatic heterocycles. The van der Waals surface area contributed by atoms with Crippen LogP contribution < -0.4 is 5.73 Å². The third-order valence-corrected chi connectivity index (χ3v) is 2.75. The van der Waals surface area contributed by atoms with Gasteiger partial charge in [-0.2, -0.15) is 0 Å². The van der Waals surface area contributed by atoms with E-state index in [0.29, 0.717) is 5.69 Å². The maximum absolute atomic E-state index is 5.71. The fraction of sp³-hybridized carbons (Fsp3) is 0.0769. The number of anilines is 1. The van der Waals surface area contributed by atoms with E-state index in [0.717, 1.165) is 16.7 Å². The van der Waals surface area contributed by atoms with Gasteiger partial charge in [-0.15, -0.1) is 5.10 Å². The highest BCUT2D eigenvalue weighted by atomic mass is 15.4. The number of hydrogen-bond acceptors (Lipinski definition) is 3. The van der Waals surface area contributed by atoms with E-state index in [9.17, 15) is 0 Å². The van der Waals surface area contributed by atoms with E-state index in [4.69, 9.17) is 5.73 Å². The molecule has 0 amide bonds. The third kappa shape index (κ3) is 1.63. The molecule has 0 saturated carbocycles. The summed E-state index contributed by atoms with van der Waals surface area (Å²) >= 11 is 0. The number of nitrogens with two attached hydrogens (primary N) is 1. The molecule has 84 valence electrons. The number of hydrogen-bond donors (Lipinski definition) is 1. The van der Waals surface area contributed by atoms with Crippen molar-refractivity contribution in [2.75, 3.05) is 5.73 Å². The van der Waals surface area contributed by atoms with Gasteiger partial charge in [0, 0.05) is 5.69 Å². The molecule has 0 fully saturated rings. The van der Waals surface area contributed by atoms with Crippen LogP contribution in [0, 0.1) is 6.92 Å². The van der Waals surface area contributed by atoms with Gasteiger partial charge in [-0.25, -0.2) is 4.68 Å². The lowest BCUT2D eigenvalue weighted by atomic mass is 10.2. The molecular weight excluding hydrogens is 212 g/mol. The van der Waals surface area contributed by atoms with Crippen LogP contribution in [0.15, 0.2) is 42.5 Å². The van der Waals surface area contributed by atoms with Gasteiger partial charge in [0.1, 0.15) is 5.52 Å². The molecule has 3 rings (SSSR count). The van der Waals surface area contributed by atoms with Crippen molar-refractivity contribution in [1.29, 1.82) is 0 Å². The average Bonchev–Trinajstić information content (AvgIpc) is 2.73. The van der Waals surface area contributed by atoms with E-state index in [1.165, 1.54) is 5.56 Å². The number of aryl methyl sites for hydroxylation is 1. The van der Waals surface area contributed by atoms with Crippen LogP contribution in [0.4, 0.5) is 5.69 Å². The number of aromatic nitrogens is 3. The Morgan fingerprint density at radius 2 is 1.82 bits per heavy atom. The van der Waals surface area contributed by atoms with Gasteiger partial charge >= 0.3 is 0 Å². The summed E-state index contributed by atoms with van der Waals surface area (Å²) in [6.45, 7) is 2.06. The van der Waals surface area contributed by atoms with Crippen LogP contribution in [0.2, 0.25) is 0 Å². The Bertz CT molecular complexity index is 667. The van der Waals surface area contributed by atoms with Crippen molar-refractivity contribution in [3.8, 4) is 5.69 Å². The monoisotopic (exact) mass is 224 g/mol. The molecule has 2 aromatic carbocycles. The van der Waals surface area contributed by atoms with E-state index in [-0.39, 0.29) is 0 Å². The number of fused-ring (bicyclic) bond motifs is 1. The van der Waals surface area contributed by atoms with Gasteiger partial charge in [0.05, 0.1) is 11.2 Å². The Kier molecular flexibility index (Phi) is 2.08. The van der Waals surface area contributed by atoms with Crippen molar-refractivity contribution in [3.05, 3.63) is 48.0 Å². The zero-order chi connectivity index (χ0) is 11.8. The van der Waals surface area contributed by atoms with Crippen molar-refractivity contribution in [2.24, 2.45) is 0 Å². The average molecular weight is 224 g/mol. The highest BCUT2D eigenvalue weighted by molar-refractivity contribution is 5.79. The van der Waals surface area contributed by atoms with Gasteiger partial charge in [0.25, 0.3) is 0 Å². The molecule has 0 saturated heterocycles. The highest BCUT2D eigenvalue weighted by Gasteiger charge is 2.05. The maximum Gasteiger partial charge on any atom is 0.115 e. The summed E-state index contributed by atoms with van der Waals surface area (Å²) in [6.07, 6.45) is 0. The molecule has 17 heavy (non-hydrogen) atoms. The fourth-order valence-electron chi connectivity index (χ4n) is 1.82. The highest BCUT2D eigenvalue weighted by Crippen LogP contribution is 2.18. The quantitative estimate of drug-likeness (QED) is 0.645. The minimum absolute atomic E-state index is 0.702. The third-order valence-electron chi connectivity index (χ3n) is 2.75. The van der Waals surface area contributed by atoms with Crippen molar-refractivity contribution < 1.29 is 0 Å². The standard InChI is InChI=1S/C13H12N4/c1-9-2-5-11(6-3-9)17-13-7-4-10(14)8-12(13)15-16-17/h2-8H,14H2,1H3.